The molecule has 0 aliphatic heterocycles. The second kappa shape index (κ2) is 12.4. The normalized spacial score (nSPS) is 11.4. The Kier molecular flexibility index (Phi) is 8.22. The van der Waals surface area contributed by atoms with Crippen LogP contribution in [0, 0.1) is 13.8 Å². The Bertz CT molecular complexity index is 1830. The van der Waals surface area contributed by atoms with Crippen LogP contribution >= 0.6 is 23.1 Å². The molecule has 208 valence electrons. The molecule has 6 aromatic rings. The van der Waals surface area contributed by atoms with Gasteiger partial charge in [0.15, 0.2) is 0 Å². The Hall–Kier alpha value is -4.19. The lowest BCUT2D eigenvalue weighted by atomic mass is 10.1. The lowest BCUT2D eigenvalue weighted by Gasteiger charge is -2.26. The van der Waals surface area contributed by atoms with Crippen LogP contribution in [-0.2, 0) is 6.42 Å². The molecule has 0 amide bonds. The number of aliphatic imine (C=N–C) groups is 1. The molecule has 0 aliphatic rings. The molecule has 0 saturated heterocycles. The summed E-state index contributed by atoms with van der Waals surface area (Å²) in [4.78, 5) is 13.3. The van der Waals surface area contributed by atoms with E-state index in [2.05, 4.69) is 141 Å². The van der Waals surface area contributed by atoms with Crippen molar-refractivity contribution >= 4 is 62.3 Å². The average molecular weight is 584 g/mol. The predicted octanol–water partition coefficient (Wildman–Crippen LogP) is 11.1. The minimum atomic E-state index is 0.968. The molecule has 0 atom stereocenters. The highest BCUT2D eigenvalue weighted by Gasteiger charge is 2.13. The van der Waals surface area contributed by atoms with E-state index in [1.807, 2.05) is 6.21 Å². The summed E-state index contributed by atoms with van der Waals surface area (Å²) in [5.74, 6) is 0. The van der Waals surface area contributed by atoms with Gasteiger partial charge in [-0.3, -0.25) is 4.99 Å². The standard InChI is InChI=1S/C37H33N3S2/c1-5-27-10-18-31(19-11-27)40(30-16-8-26(3)9-17-30)32-20-12-28(13-21-32)24-38-33-22-36-34(23-35(33)41-4)39-37(42-36)29-14-6-25(2)7-15-29/h6-24H,5H2,1-4H3. The summed E-state index contributed by atoms with van der Waals surface area (Å²) in [6.45, 7) is 6.42. The maximum absolute atomic E-state index is 4.93. The second-order valence-electron chi connectivity index (χ2n) is 10.4. The van der Waals surface area contributed by atoms with Crippen molar-refractivity contribution < 1.29 is 0 Å². The van der Waals surface area contributed by atoms with Crippen molar-refractivity contribution in [2.45, 2.75) is 32.1 Å². The van der Waals surface area contributed by atoms with E-state index in [9.17, 15) is 0 Å². The summed E-state index contributed by atoms with van der Waals surface area (Å²) in [7, 11) is 0. The van der Waals surface area contributed by atoms with Gasteiger partial charge in [0.05, 0.1) is 15.9 Å². The van der Waals surface area contributed by atoms with Gasteiger partial charge in [-0.2, -0.15) is 0 Å². The Morgan fingerprint density at radius 1 is 0.762 bits per heavy atom. The minimum absolute atomic E-state index is 0.968. The maximum Gasteiger partial charge on any atom is 0.124 e. The van der Waals surface area contributed by atoms with Crippen molar-refractivity contribution in [1.82, 2.24) is 4.98 Å². The third kappa shape index (κ3) is 6.03. The molecule has 0 unspecified atom stereocenters. The number of aryl methyl sites for hydroxylation is 3. The minimum Gasteiger partial charge on any atom is -0.311 e. The Morgan fingerprint density at radius 2 is 1.33 bits per heavy atom. The van der Waals surface area contributed by atoms with Crippen molar-refractivity contribution in [3.63, 3.8) is 0 Å². The molecule has 0 aliphatic carbocycles. The summed E-state index contributed by atoms with van der Waals surface area (Å²) >= 11 is 3.42. The predicted molar refractivity (Wildman–Crippen MR) is 184 cm³/mol. The molecule has 6 rings (SSSR count). The number of anilines is 3. The van der Waals surface area contributed by atoms with Gasteiger partial charge in [0.25, 0.3) is 0 Å². The van der Waals surface area contributed by atoms with Crippen molar-refractivity contribution in [2.75, 3.05) is 11.2 Å². The molecule has 0 radical (unpaired) electrons. The summed E-state index contributed by atoms with van der Waals surface area (Å²) < 4.78 is 1.15. The number of aromatic nitrogens is 1. The topological polar surface area (TPSA) is 28.5 Å². The van der Waals surface area contributed by atoms with Gasteiger partial charge in [0.1, 0.15) is 5.01 Å². The first-order valence-corrected chi connectivity index (χ1v) is 16.2. The van der Waals surface area contributed by atoms with E-state index in [1.54, 1.807) is 23.1 Å². The first-order valence-electron chi connectivity index (χ1n) is 14.2. The molecule has 0 N–H and O–H groups in total. The number of thiazole rings is 1. The maximum atomic E-state index is 4.93. The van der Waals surface area contributed by atoms with E-state index in [-0.39, 0.29) is 0 Å². The lowest BCUT2D eigenvalue weighted by Crippen LogP contribution is -2.10. The molecule has 0 spiro atoms. The smallest absolute Gasteiger partial charge is 0.124 e. The number of fused-ring (bicyclic) bond motifs is 1. The fourth-order valence-electron chi connectivity index (χ4n) is 4.90. The van der Waals surface area contributed by atoms with Crippen LogP contribution in [0.1, 0.15) is 29.2 Å². The first-order chi connectivity index (χ1) is 20.5. The van der Waals surface area contributed by atoms with Crippen LogP contribution in [0.25, 0.3) is 20.8 Å². The fourth-order valence-corrected chi connectivity index (χ4v) is 6.44. The van der Waals surface area contributed by atoms with E-state index in [1.165, 1.54) is 16.7 Å². The van der Waals surface area contributed by atoms with Crippen LogP contribution in [0.5, 0.6) is 0 Å². The van der Waals surface area contributed by atoms with Crippen molar-refractivity contribution in [1.29, 1.82) is 0 Å². The Balaban J connectivity index is 1.29. The Labute approximate surface area is 256 Å². The van der Waals surface area contributed by atoms with E-state index >= 15 is 0 Å². The summed E-state index contributed by atoms with van der Waals surface area (Å²) in [5.41, 5.74) is 11.4. The number of nitrogens with zero attached hydrogens (tertiary/aromatic N) is 3. The van der Waals surface area contributed by atoms with Gasteiger partial charge in [-0.15, -0.1) is 23.1 Å². The molecular formula is C37H33N3S2. The van der Waals surface area contributed by atoms with Crippen LogP contribution in [0.15, 0.2) is 119 Å². The molecule has 1 aromatic heterocycles. The zero-order valence-corrected chi connectivity index (χ0v) is 26.0. The highest BCUT2D eigenvalue weighted by molar-refractivity contribution is 7.98. The highest BCUT2D eigenvalue weighted by atomic mass is 32.2. The number of hydrogen-bond acceptors (Lipinski definition) is 5. The van der Waals surface area contributed by atoms with Gasteiger partial charge < -0.3 is 4.90 Å². The molecule has 0 fully saturated rings. The molecule has 5 aromatic carbocycles. The largest absolute Gasteiger partial charge is 0.311 e. The third-order valence-electron chi connectivity index (χ3n) is 7.39. The van der Waals surface area contributed by atoms with Crippen LogP contribution in [-0.4, -0.2) is 17.5 Å². The average Bonchev–Trinajstić information content (AvgIpc) is 3.45. The quantitative estimate of drug-likeness (QED) is 0.132. The van der Waals surface area contributed by atoms with E-state index in [4.69, 9.17) is 9.98 Å². The van der Waals surface area contributed by atoms with Crippen LogP contribution in [0.3, 0.4) is 0 Å². The fraction of sp³-hybridized carbons (Fsp3) is 0.135. The zero-order chi connectivity index (χ0) is 29.1. The molecule has 0 saturated carbocycles. The lowest BCUT2D eigenvalue weighted by molar-refractivity contribution is 1.14. The van der Waals surface area contributed by atoms with Crippen LogP contribution in [0.2, 0.25) is 0 Å². The van der Waals surface area contributed by atoms with E-state index in [0.29, 0.717) is 0 Å². The van der Waals surface area contributed by atoms with E-state index < -0.39 is 0 Å². The van der Waals surface area contributed by atoms with Crippen molar-refractivity contribution in [3.05, 3.63) is 131 Å². The van der Waals surface area contributed by atoms with Gasteiger partial charge in [0.2, 0.25) is 0 Å². The molecule has 3 nitrogen and oxygen atoms in total. The number of hydrogen-bond donors (Lipinski definition) is 0. The first kappa shape index (κ1) is 28.0. The van der Waals surface area contributed by atoms with Crippen molar-refractivity contribution in [3.8, 4) is 10.6 Å². The number of thioether (sulfide) groups is 1. The third-order valence-corrected chi connectivity index (χ3v) is 9.22. The van der Waals surface area contributed by atoms with Gasteiger partial charge in [-0.25, -0.2) is 4.98 Å². The molecule has 1 heterocycles. The highest BCUT2D eigenvalue weighted by Crippen LogP contribution is 2.38. The van der Waals surface area contributed by atoms with Gasteiger partial charge in [-0.1, -0.05) is 78.7 Å². The van der Waals surface area contributed by atoms with E-state index in [0.717, 1.165) is 60.4 Å². The zero-order valence-electron chi connectivity index (χ0n) is 24.3. The summed E-state index contributed by atoms with van der Waals surface area (Å²) in [5, 5.41) is 1.04. The summed E-state index contributed by atoms with van der Waals surface area (Å²) in [6.07, 6.45) is 5.08. The van der Waals surface area contributed by atoms with Crippen molar-refractivity contribution in [2.24, 2.45) is 4.99 Å². The monoisotopic (exact) mass is 583 g/mol. The van der Waals surface area contributed by atoms with Crippen LogP contribution in [0.4, 0.5) is 22.7 Å². The molecule has 42 heavy (non-hydrogen) atoms. The molecule has 0 bridgehead atoms. The SMILES string of the molecule is CCc1ccc(N(c2ccc(C)cc2)c2ccc(C=Nc3cc4sc(-c5ccc(C)cc5)nc4cc3SC)cc2)cc1. The number of benzene rings is 5. The molecule has 5 heteroatoms. The summed E-state index contributed by atoms with van der Waals surface area (Å²) in [6, 6.07) is 39.0. The van der Waals surface area contributed by atoms with Crippen LogP contribution < -0.4 is 4.90 Å². The van der Waals surface area contributed by atoms with Gasteiger partial charge >= 0.3 is 0 Å². The Morgan fingerprint density at radius 3 is 1.93 bits per heavy atom. The van der Waals surface area contributed by atoms with Gasteiger partial charge in [0, 0.05) is 33.7 Å². The number of rotatable bonds is 8. The molecular weight excluding hydrogens is 551 g/mol. The van der Waals surface area contributed by atoms with Gasteiger partial charge in [-0.05, 0) is 86.2 Å². The second-order valence-corrected chi connectivity index (χ2v) is 12.3.